The Kier molecular flexibility index (Phi) is 3.11. The largest absolute Gasteiger partial charge is 0.464 e. The molecule has 1 aliphatic carbocycles. The van der Waals surface area contributed by atoms with Crippen molar-refractivity contribution in [1.82, 2.24) is 9.47 Å². The number of esters is 1. The highest BCUT2D eigenvalue weighted by atomic mass is 19.1. The summed E-state index contributed by atoms with van der Waals surface area (Å²) in [5, 5.41) is 0. The number of halogens is 1. The Morgan fingerprint density at radius 2 is 2.05 bits per heavy atom. The van der Waals surface area contributed by atoms with Crippen molar-refractivity contribution in [3.8, 4) is 0 Å². The van der Waals surface area contributed by atoms with Gasteiger partial charge in [-0.05, 0) is 31.4 Å². The van der Waals surface area contributed by atoms with E-state index in [0.717, 1.165) is 25.0 Å². The summed E-state index contributed by atoms with van der Waals surface area (Å²) in [6.45, 7) is 3.94. The van der Waals surface area contributed by atoms with E-state index in [9.17, 15) is 14.0 Å². The molecule has 1 spiro atoms. The highest BCUT2D eigenvalue weighted by Crippen LogP contribution is 2.49. The van der Waals surface area contributed by atoms with Crippen LogP contribution in [-0.4, -0.2) is 35.0 Å². The van der Waals surface area contributed by atoms with E-state index in [1.165, 1.54) is 7.11 Å². The van der Waals surface area contributed by atoms with Crippen LogP contribution in [0.5, 0.6) is 0 Å². The molecular formula is C15H17FN2O3. The van der Waals surface area contributed by atoms with E-state index >= 15 is 0 Å². The second-order valence-electron chi connectivity index (χ2n) is 5.49. The zero-order chi connectivity index (χ0) is 15.2. The maximum absolute atomic E-state index is 13.3. The van der Waals surface area contributed by atoms with Crippen LogP contribution >= 0.6 is 0 Å². The summed E-state index contributed by atoms with van der Waals surface area (Å²) in [5.41, 5.74) is 0.858. The van der Waals surface area contributed by atoms with E-state index in [2.05, 4.69) is 6.58 Å². The maximum atomic E-state index is 13.3. The van der Waals surface area contributed by atoms with E-state index in [4.69, 9.17) is 4.74 Å². The number of aromatic nitrogens is 1. The van der Waals surface area contributed by atoms with E-state index < -0.39 is 23.2 Å². The number of carbonyl (C=O) groups is 2. The van der Waals surface area contributed by atoms with E-state index in [1.807, 2.05) is 10.6 Å². The Bertz CT molecular complexity index is 631. The summed E-state index contributed by atoms with van der Waals surface area (Å²) in [6, 6.07) is 3.55. The van der Waals surface area contributed by atoms with Gasteiger partial charge in [-0.25, -0.2) is 9.18 Å². The first kappa shape index (κ1) is 13.9. The van der Waals surface area contributed by atoms with E-state index in [-0.39, 0.29) is 0 Å². The highest BCUT2D eigenvalue weighted by Gasteiger charge is 2.50. The minimum absolute atomic E-state index is 0.368. The first-order valence-electron chi connectivity index (χ1n) is 6.96. The first-order valence-corrected chi connectivity index (χ1v) is 6.96. The Balaban J connectivity index is 2.04. The van der Waals surface area contributed by atoms with Crippen LogP contribution in [0.25, 0.3) is 0 Å². The summed E-state index contributed by atoms with van der Waals surface area (Å²) in [5.74, 6) is -1.98. The van der Waals surface area contributed by atoms with Gasteiger partial charge >= 0.3 is 5.97 Å². The van der Waals surface area contributed by atoms with Crippen molar-refractivity contribution in [2.24, 2.45) is 0 Å². The fourth-order valence-corrected chi connectivity index (χ4v) is 3.43. The Morgan fingerprint density at radius 3 is 2.57 bits per heavy atom. The molecule has 2 heterocycles. The van der Waals surface area contributed by atoms with Gasteiger partial charge in [-0.2, -0.15) is 0 Å². The summed E-state index contributed by atoms with van der Waals surface area (Å²) in [6.07, 6.45) is 2.52. The smallest absolute Gasteiger partial charge is 0.354 e. The number of carbonyl (C=O) groups excluding carboxylic acids is 2. The molecule has 112 valence electrons. The molecule has 5 nitrogen and oxygen atoms in total. The molecule has 1 aromatic rings. The van der Waals surface area contributed by atoms with Gasteiger partial charge in [-0.3, -0.25) is 4.79 Å². The van der Waals surface area contributed by atoms with Crippen molar-refractivity contribution in [2.75, 3.05) is 13.7 Å². The fourth-order valence-electron chi connectivity index (χ4n) is 3.43. The third-order valence-electron chi connectivity index (χ3n) is 4.57. The average molecular weight is 292 g/mol. The van der Waals surface area contributed by atoms with Crippen LogP contribution in [0.15, 0.2) is 24.5 Å². The summed E-state index contributed by atoms with van der Waals surface area (Å²) < 4.78 is 19.9. The molecule has 6 heteroatoms. The van der Waals surface area contributed by atoms with Crippen LogP contribution in [0.2, 0.25) is 0 Å². The van der Waals surface area contributed by atoms with E-state index in [1.54, 1.807) is 11.0 Å². The Labute approximate surface area is 122 Å². The van der Waals surface area contributed by atoms with Crippen LogP contribution in [0.4, 0.5) is 4.39 Å². The topological polar surface area (TPSA) is 51.5 Å². The van der Waals surface area contributed by atoms with E-state index in [0.29, 0.717) is 18.8 Å². The molecule has 0 unspecified atom stereocenters. The number of ether oxygens (including phenoxy) is 1. The van der Waals surface area contributed by atoms with Crippen molar-refractivity contribution in [2.45, 2.75) is 31.3 Å². The van der Waals surface area contributed by atoms with Gasteiger partial charge in [0.25, 0.3) is 5.91 Å². The molecule has 0 bridgehead atoms. The molecule has 0 aromatic carbocycles. The van der Waals surface area contributed by atoms with Crippen molar-refractivity contribution in [1.29, 1.82) is 0 Å². The van der Waals surface area contributed by atoms with Gasteiger partial charge in [0.05, 0.1) is 12.6 Å². The normalized spacial score (nSPS) is 18.9. The SMILES string of the molecule is C=C(F)C(=O)N1CCn2c(C(=O)OC)ccc2C12CCC2. The van der Waals surface area contributed by atoms with Crippen LogP contribution in [0.3, 0.4) is 0 Å². The van der Waals surface area contributed by atoms with Crippen LogP contribution < -0.4 is 0 Å². The van der Waals surface area contributed by atoms with Gasteiger partial charge in [0.2, 0.25) is 0 Å². The van der Waals surface area contributed by atoms with Gasteiger partial charge in [0.15, 0.2) is 5.83 Å². The van der Waals surface area contributed by atoms with Crippen LogP contribution in [0, 0.1) is 0 Å². The lowest BCUT2D eigenvalue weighted by Gasteiger charge is -2.53. The number of methoxy groups -OCH3 is 1. The molecule has 1 saturated carbocycles. The van der Waals surface area contributed by atoms with Crippen molar-refractivity contribution < 1.29 is 18.7 Å². The highest BCUT2D eigenvalue weighted by molar-refractivity contribution is 5.92. The third kappa shape index (κ3) is 1.81. The van der Waals surface area contributed by atoms with Gasteiger partial charge in [-0.15, -0.1) is 0 Å². The molecule has 1 fully saturated rings. The Hall–Kier alpha value is -2.11. The number of fused-ring (bicyclic) bond motifs is 2. The van der Waals surface area contributed by atoms with Crippen LogP contribution in [0.1, 0.15) is 35.4 Å². The zero-order valence-electron chi connectivity index (χ0n) is 11.9. The predicted molar refractivity (Wildman–Crippen MR) is 73.3 cm³/mol. The Morgan fingerprint density at radius 1 is 1.33 bits per heavy atom. The third-order valence-corrected chi connectivity index (χ3v) is 4.57. The monoisotopic (exact) mass is 292 g/mol. The standard InChI is InChI=1S/C15H17FN2O3/c1-10(16)13(19)18-9-8-17-11(14(20)21-2)4-5-12(17)15(18)6-3-7-15/h4-5H,1,3,6-9H2,2H3. The average Bonchev–Trinajstić information content (AvgIpc) is 2.86. The van der Waals surface area contributed by atoms with Crippen molar-refractivity contribution in [3.63, 3.8) is 0 Å². The number of rotatable bonds is 2. The molecule has 1 amide bonds. The lowest BCUT2D eigenvalue weighted by atomic mass is 9.71. The lowest BCUT2D eigenvalue weighted by Crippen LogP contribution is -2.58. The van der Waals surface area contributed by atoms with Gasteiger partial charge < -0.3 is 14.2 Å². The minimum atomic E-state index is -0.936. The molecule has 3 rings (SSSR count). The molecule has 21 heavy (non-hydrogen) atoms. The van der Waals surface area contributed by atoms with Crippen molar-refractivity contribution >= 4 is 11.9 Å². The fraction of sp³-hybridized carbons (Fsp3) is 0.467. The number of nitrogens with zero attached hydrogens (tertiary/aromatic N) is 2. The number of hydrogen-bond acceptors (Lipinski definition) is 3. The predicted octanol–water partition coefficient (Wildman–Crippen LogP) is 1.98. The molecule has 0 N–H and O–H groups in total. The lowest BCUT2D eigenvalue weighted by molar-refractivity contribution is -0.142. The number of hydrogen-bond donors (Lipinski definition) is 0. The molecule has 2 aliphatic rings. The molecule has 0 atom stereocenters. The maximum Gasteiger partial charge on any atom is 0.354 e. The summed E-state index contributed by atoms with van der Waals surface area (Å²) in [7, 11) is 1.34. The van der Waals surface area contributed by atoms with Gasteiger partial charge in [0.1, 0.15) is 5.69 Å². The van der Waals surface area contributed by atoms with Gasteiger partial charge in [-0.1, -0.05) is 6.58 Å². The molecule has 0 saturated heterocycles. The minimum Gasteiger partial charge on any atom is -0.464 e. The van der Waals surface area contributed by atoms with Crippen molar-refractivity contribution in [3.05, 3.63) is 35.9 Å². The second kappa shape index (κ2) is 4.72. The molecular weight excluding hydrogens is 275 g/mol. The number of amides is 1. The quantitative estimate of drug-likeness (QED) is 0.618. The van der Waals surface area contributed by atoms with Crippen LogP contribution in [-0.2, 0) is 21.6 Å². The first-order chi connectivity index (χ1) is 10.0. The molecule has 1 aromatic heterocycles. The zero-order valence-corrected chi connectivity index (χ0v) is 11.9. The molecule has 1 aliphatic heterocycles. The summed E-state index contributed by atoms with van der Waals surface area (Å²) >= 11 is 0. The van der Waals surface area contributed by atoms with Gasteiger partial charge in [0, 0.05) is 18.8 Å². The second-order valence-corrected chi connectivity index (χ2v) is 5.49. The summed E-state index contributed by atoms with van der Waals surface area (Å²) in [4.78, 5) is 25.4. The molecule has 0 radical (unpaired) electrons.